The number of carbonyl (C=O) groups is 2. The summed E-state index contributed by atoms with van der Waals surface area (Å²) in [4.78, 5) is 22.7. The first-order valence-corrected chi connectivity index (χ1v) is 6.13. The van der Waals surface area contributed by atoms with Gasteiger partial charge in [-0.1, -0.05) is 0 Å². The average Bonchev–Trinajstić information content (AvgIpc) is 2.46. The molecule has 0 bridgehead atoms. The zero-order valence-electron chi connectivity index (χ0n) is 11.6. The summed E-state index contributed by atoms with van der Waals surface area (Å²) in [6.45, 7) is 0.495. The summed E-state index contributed by atoms with van der Waals surface area (Å²) in [5.74, 6) is 0.0385. The average molecular weight is 281 g/mol. The van der Waals surface area contributed by atoms with E-state index in [0.29, 0.717) is 18.9 Å². The van der Waals surface area contributed by atoms with Crippen molar-refractivity contribution in [3.63, 3.8) is 0 Å². The maximum absolute atomic E-state index is 11.4. The Bertz CT molecular complexity index is 434. The molecule has 3 N–H and O–H groups in total. The molecule has 0 heterocycles. The molecule has 0 saturated carbocycles. The van der Waals surface area contributed by atoms with Crippen molar-refractivity contribution < 1.29 is 19.1 Å². The van der Waals surface area contributed by atoms with E-state index in [-0.39, 0.29) is 6.61 Å². The number of urea groups is 1. The van der Waals surface area contributed by atoms with Crippen molar-refractivity contribution in [3.05, 3.63) is 24.3 Å². The van der Waals surface area contributed by atoms with Crippen molar-refractivity contribution in [2.75, 3.05) is 39.2 Å². The Morgan fingerprint density at radius 3 is 2.50 bits per heavy atom. The molecule has 1 aromatic rings. The van der Waals surface area contributed by atoms with Crippen LogP contribution >= 0.6 is 0 Å². The minimum absolute atomic E-state index is 0.226. The molecule has 0 aliphatic rings. The van der Waals surface area contributed by atoms with Crippen LogP contribution in [0.25, 0.3) is 0 Å². The minimum atomic E-state index is -0.568. The van der Waals surface area contributed by atoms with Gasteiger partial charge < -0.3 is 20.1 Å². The van der Waals surface area contributed by atoms with Crippen molar-refractivity contribution >= 4 is 17.6 Å². The van der Waals surface area contributed by atoms with Crippen LogP contribution in [0.15, 0.2) is 24.3 Å². The highest BCUT2D eigenvalue weighted by Gasteiger charge is 2.07. The van der Waals surface area contributed by atoms with Crippen molar-refractivity contribution in [1.82, 2.24) is 10.6 Å². The lowest BCUT2D eigenvalue weighted by Gasteiger charge is -2.08. The predicted octanol–water partition coefficient (Wildman–Crippen LogP) is 0.579. The Labute approximate surface area is 117 Å². The van der Waals surface area contributed by atoms with Crippen LogP contribution in [0, 0.1) is 0 Å². The van der Waals surface area contributed by atoms with E-state index < -0.39 is 11.9 Å². The van der Waals surface area contributed by atoms with Gasteiger partial charge in [-0.05, 0) is 24.3 Å². The third kappa shape index (κ3) is 6.05. The molecule has 0 aliphatic heterocycles. The monoisotopic (exact) mass is 281 g/mol. The highest BCUT2D eigenvalue weighted by atomic mass is 16.5. The van der Waals surface area contributed by atoms with Gasteiger partial charge in [-0.25, -0.2) is 4.79 Å². The summed E-state index contributed by atoms with van der Waals surface area (Å²) in [7, 11) is 3.34. The van der Waals surface area contributed by atoms with Gasteiger partial charge in [0, 0.05) is 26.4 Å². The Morgan fingerprint density at radius 2 is 1.90 bits per heavy atom. The molecule has 0 aliphatic carbocycles. The van der Waals surface area contributed by atoms with E-state index in [2.05, 4.69) is 16.0 Å². The van der Waals surface area contributed by atoms with Crippen LogP contribution in [0.2, 0.25) is 0 Å². The number of hydrogen-bond acceptors (Lipinski definition) is 5. The van der Waals surface area contributed by atoms with Crippen LogP contribution in [-0.2, 0) is 9.53 Å². The molecular formula is C13H19N3O4. The first kappa shape index (κ1) is 15.8. The molecule has 0 fully saturated rings. The fourth-order valence-electron chi connectivity index (χ4n) is 1.34. The van der Waals surface area contributed by atoms with Gasteiger partial charge in [0.05, 0.1) is 6.61 Å². The van der Waals surface area contributed by atoms with Crippen LogP contribution in [0.3, 0.4) is 0 Å². The number of benzene rings is 1. The molecule has 0 atom stereocenters. The molecule has 20 heavy (non-hydrogen) atoms. The number of hydrogen-bond donors (Lipinski definition) is 3. The van der Waals surface area contributed by atoms with Crippen LogP contribution < -0.4 is 20.7 Å². The molecule has 110 valence electrons. The molecular weight excluding hydrogens is 262 g/mol. The summed E-state index contributed by atoms with van der Waals surface area (Å²) < 4.78 is 10.0. The van der Waals surface area contributed by atoms with Crippen molar-refractivity contribution in [2.24, 2.45) is 0 Å². The molecule has 0 spiro atoms. The SMILES string of the molecule is CNc1ccc(OCC(=O)NC(=O)NCCOC)cc1. The number of rotatable bonds is 7. The zero-order chi connectivity index (χ0) is 14.8. The van der Waals surface area contributed by atoms with E-state index in [9.17, 15) is 9.59 Å². The smallest absolute Gasteiger partial charge is 0.321 e. The highest BCUT2D eigenvalue weighted by Crippen LogP contribution is 2.14. The number of amides is 3. The third-order valence-electron chi connectivity index (χ3n) is 2.36. The Hall–Kier alpha value is -2.28. The number of imide groups is 1. The predicted molar refractivity (Wildman–Crippen MR) is 74.9 cm³/mol. The number of anilines is 1. The molecule has 0 aromatic heterocycles. The van der Waals surface area contributed by atoms with Gasteiger partial charge in [0.1, 0.15) is 5.75 Å². The lowest BCUT2D eigenvalue weighted by Crippen LogP contribution is -2.42. The van der Waals surface area contributed by atoms with Gasteiger partial charge in [0.2, 0.25) is 0 Å². The topological polar surface area (TPSA) is 88.7 Å². The van der Waals surface area contributed by atoms with Gasteiger partial charge in [-0.2, -0.15) is 0 Å². The summed E-state index contributed by atoms with van der Waals surface area (Å²) in [6.07, 6.45) is 0. The summed E-state index contributed by atoms with van der Waals surface area (Å²) in [5.41, 5.74) is 0.944. The Kier molecular flexibility index (Phi) is 6.91. The van der Waals surface area contributed by atoms with Crippen molar-refractivity contribution in [1.29, 1.82) is 0 Å². The molecule has 0 saturated heterocycles. The second-order valence-electron chi connectivity index (χ2n) is 3.86. The number of methoxy groups -OCH3 is 1. The summed E-state index contributed by atoms with van der Waals surface area (Å²) in [5, 5.41) is 7.59. The van der Waals surface area contributed by atoms with Crippen LogP contribution in [-0.4, -0.2) is 45.9 Å². The maximum Gasteiger partial charge on any atom is 0.321 e. The van der Waals surface area contributed by atoms with E-state index >= 15 is 0 Å². The van der Waals surface area contributed by atoms with E-state index in [1.807, 2.05) is 19.2 Å². The Balaban J connectivity index is 2.26. The molecule has 0 radical (unpaired) electrons. The van der Waals surface area contributed by atoms with E-state index in [1.165, 1.54) is 7.11 Å². The lowest BCUT2D eigenvalue weighted by atomic mass is 10.3. The highest BCUT2D eigenvalue weighted by molar-refractivity contribution is 5.94. The normalized spacial score (nSPS) is 9.70. The maximum atomic E-state index is 11.4. The molecule has 1 rings (SSSR count). The van der Waals surface area contributed by atoms with Gasteiger partial charge in [-0.3, -0.25) is 10.1 Å². The van der Waals surface area contributed by atoms with Gasteiger partial charge in [-0.15, -0.1) is 0 Å². The first-order valence-electron chi connectivity index (χ1n) is 6.13. The van der Waals surface area contributed by atoms with Crippen molar-refractivity contribution in [2.45, 2.75) is 0 Å². The molecule has 0 unspecified atom stereocenters. The second kappa shape index (κ2) is 8.76. The number of carbonyl (C=O) groups excluding carboxylic acids is 2. The zero-order valence-corrected chi connectivity index (χ0v) is 11.6. The van der Waals surface area contributed by atoms with Gasteiger partial charge >= 0.3 is 6.03 Å². The molecule has 7 nitrogen and oxygen atoms in total. The van der Waals surface area contributed by atoms with E-state index in [4.69, 9.17) is 9.47 Å². The second-order valence-corrected chi connectivity index (χ2v) is 3.86. The van der Waals surface area contributed by atoms with Crippen LogP contribution in [0.5, 0.6) is 5.75 Å². The van der Waals surface area contributed by atoms with Crippen molar-refractivity contribution in [3.8, 4) is 5.75 Å². The largest absolute Gasteiger partial charge is 0.484 e. The Morgan fingerprint density at radius 1 is 1.20 bits per heavy atom. The number of ether oxygens (including phenoxy) is 2. The summed E-state index contributed by atoms with van der Waals surface area (Å²) in [6, 6.07) is 6.55. The first-order chi connectivity index (χ1) is 9.65. The number of nitrogens with one attached hydrogen (secondary N) is 3. The minimum Gasteiger partial charge on any atom is -0.484 e. The lowest BCUT2D eigenvalue weighted by molar-refractivity contribution is -0.122. The van der Waals surface area contributed by atoms with Gasteiger partial charge in [0.15, 0.2) is 6.61 Å². The standard InChI is InChI=1S/C13H19N3O4/c1-14-10-3-5-11(6-4-10)20-9-12(17)16-13(18)15-7-8-19-2/h3-6,14H,7-9H2,1-2H3,(H2,15,16,17,18). The summed E-state index contributed by atoms with van der Waals surface area (Å²) >= 11 is 0. The molecule has 1 aromatic carbocycles. The van der Waals surface area contributed by atoms with E-state index in [1.54, 1.807) is 12.1 Å². The molecule has 3 amide bonds. The van der Waals surface area contributed by atoms with Crippen LogP contribution in [0.4, 0.5) is 10.5 Å². The van der Waals surface area contributed by atoms with Crippen LogP contribution in [0.1, 0.15) is 0 Å². The fraction of sp³-hybridized carbons (Fsp3) is 0.385. The van der Waals surface area contributed by atoms with Gasteiger partial charge in [0.25, 0.3) is 5.91 Å². The quantitative estimate of drug-likeness (QED) is 0.636. The van der Waals surface area contributed by atoms with E-state index in [0.717, 1.165) is 5.69 Å². The third-order valence-corrected chi connectivity index (χ3v) is 2.36. The molecule has 7 heteroatoms. The fourth-order valence-corrected chi connectivity index (χ4v) is 1.34.